The largest absolute Gasteiger partial charge is 0.361 e. The monoisotopic (exact) mass is 220 g/mol. The highest BCUT2D eigenvalue weighted by Gasteiger charge is 2.12. The molecule has 0 aromatic heterocycles. The van der Waals surface area contributed by atoms with Crippen molar-refractivity contribution in [2.45, 2.75) is 25.6 Å². The molecule has 0 saturated carbocycles. The molecule has 1 unspecified atom stereocenters. The van der Waals surface area contributed by atoms with Crippen LogP contribution in [0.15, 0.2) is 29.3 Å². The van der Waals surface area contributed by atoms with Gasteiger partial charge in [0.05, 0.1) is 6.54 Å². The average molecular weight is 220 g/mol. The normalized spacial score (nSPS) is 19.9. The lowest BCUT2D eigenvalue weighted by atomic mass is 10.2. The first-order valence-electron chi connectivity index (χ1n) is 5.23. The van der Waals surface area contributed by atoms with E-state index in [0.29, 0.717) is 6.04 Å². The maximum atomic E-state index is 4.42. The molecule has 80 valence electrons. The Bertz CT molecular complexity index is 356. The first kappa shape index (κ1) is 10.6. The van der Waals surface area contributed by atoms with Crippen LogP contribution >= 0.6 is 11.8 Å². The molecule has 0 spiro atoms. The number of benzene rings is 1. The van der Waals surface area contributed by atoms with Crippen molar-refractivity contribution in [3.05, 3.63) is 35.4 Å². The summed E-state index contributed by atoms with van der Waals surface area (Å²) in [7, 11) is 0. The van der Waals surface area contributed by atoms with Crippen LogP contribution in [0.4, 0.5) is 0 Å². The van der Waals surface area contributed by atoms with Gasteiger partial charge in [-0.05, 0) is 19.4 Å². The first-order valence-corrected chi connectivity index (χ1v) is 6.22. The molecule has 3 heteroatoms. The lowest BCUT2D eigenvalue weighted by molar-refractivity contribution is 0.728. The molecule has 2 nitrogen and oxygen atoms in total. The summed E-state index contributed by atoms with van der Waals surface area (Å²) in [6.07, 6.45) is 0. The second-order valence-corrected chi connectivity index (χ2v) is 4.93. The molecule has 0 saturated heterocycles. The maximum Gasteiger partial charge on any atom is 0.157 e. The van der Waals surface area contributed by atoms with Gasteiger partial charge in [-0.15, -0.1) is 0 Å². The van der Waals surface area contributed by atoms with Crippen LogP contribution in [0.25, 0.3) is 0 Å². The highest BCUT2D eigenvalue weighted by molar-refractivity contribution is 8.13. The van der Waals surface area contributed by atoms with Crippen LogP contribution in [0.2, 0.25) is 0 Å². The molecule has 0 bridgehead atoms. The second-order valence-electron chi connectivity index (χ2n) is 3.97. The Kier molecular flexibility index (Phi) is 3.31. The van der Waals surface area contributed by atoms with E-state index >= 15 is 0 Å². The van der Waals surface area contributed by atoms with Crippen molar-refractivity contribution in [3.8, 4) is 0 Å². The van der Waals surface area contributed by atoms with Gasteiger partial charge < -0.3 is 5.32 Å². The fraction of sp³-hybridized carbons (Fsp3) is 0.417. The number of aliphatic imine (C=N–C) groups is 1. The summed E-state index contributed by atoms with van der Waals surface area (Å²) >= 11 is 1.79. The van der Waals surface area contributed by atoms with Crippen molar-refractivity contribution in [1.29, 1.82) is 0 Å². The standard InChI is InChI=1S/C12H16N2S/c1-9-3-5-11(6-4-9)8-15-12-13-7-10(2)14-12/h3-6,10H,7-8H2,1-2H3,(H,13,14). The molecule has 0 amide bonds. The number of rotatable bonds is 2. The van der Waals surface area contributed by atoms with Crippen LogP contribution in [0.1, 0.15) is 18.1 Å². The van der Waals surface area contributed by atoms with Gasteiger partial charge in [-0.25, -0.2) is 0 Å². The van der Waals surface area contributed by atoms with E-state index in [2.05, 4.69) is 48.4 Å². The number of hydrogen-bond donors (Lipinski definition) is 1. The highest BCUT2D eigenvalue weighted by atomic mass is 32.2. The average Bonchev–Trinajstić information content (AvgIpc) is 2.64. The fourth-order valence-corrected chi connectivity index (χ4v) is 2.39. The summed E-state index contributed by atoms with van der Waals surface area (Å²) in [4.78, 5) is 4.42. The quantitative estimate of drug-likeness (QED) is 0.828. The van der Waals surface area contributed by atoms with Crippen molar-refractivity contribution in [3.63, 3.8) is 0 Å². The molecule has 0 fully saturated rings. The van der Waals surface area contributed by atoms with E-state index < -0.39 is 0 Å². The van der Waals surface area contributed by atoms with Crippen molar-refractivity contribution in [2.24, 2.45) is 4.99 Å². The van der Waals surface area contributed by atoms with Gasteiger partial charge in [0.1, 0.15) is 0 Å². The summed E-state index contributed by atoms with van der Waals surface area (Å²) in [6, 6.07) is 9.18. The van der Waals surface area contributed by atoms with E-state index in [1.165, 1.54) is 11.1 Å². The van der Waals surface area contributed by atoms with E-state index in [0.717, 1.165) is 17.5 Å². The van der Waals surface area contributed by atoms with Crippen LogP contribution < -0.4 is 5.32 Å². The molecule has 1 aliphatic heterocycles. The van der Waals surface area contributed by atoms with Crippen molar-refractivity contribution in [1.82, 2.24) is 5.32 Å². The van der Waals surface area contributed by atoms with E-state index in [1.807, 2.05) is 0 Å². The molecule has 1 N–H and O–H groups in total. The molecule has 0 aliphatic carbocycles. The number of amidine groups is 1. The number of hydrogen-bond acceptors (Lipinski definition) is 3. The summed E-state index contributed by atoms with van der Waals surface area (Å²) < 4.78 is 0. The third kappa shape index (κ3) is 2.99. The van der Waals surface area contributed by atoms with Gasteiger partial charge in [0, 0.05) is 11.8 Å². The third-order valence-electron chi connectivity index (χ3n) is 2.37. The van der Waals surface area contributed by atoms with E-state index in [9.17, 15) is 0 Å². The predicted molar refractivity (Wildman–Crippen MR) is 67.4 cm³/mol. The fourth-order valence-electron chi connectivity index (χ4n) is 1.45. The van der Waals surface area contributed by atoms with E-state index in [4.69, 9.17) is 0 Å². The number of thioether (sulfide) groups is 1. The molecular weight excluding hydrogens is 204 g/mol. The van der Waals surface area contributed by atoms with E-state index in [-0.39, 0.29) is 0 Å². The van der Waals surface area contributed by atoms with Crippen molar-refractivity contribution < 1.29 is 0 Å². The Morgan fingerprint density at radius 3 is 2.73 bits per heavy atom. The van der Waals surface area contributed by atoms with E-state index in [1.54, 1.807) is 11.8 Å². The van der Waals surface area contributed by atoms with Gasteiger partial charge in [-0.1, -0.05) is 41.6 Å². The Morgan fingerprint density at radius 1 is 1.40 bits per heavy atom. The number of nitrogens with one attached hydrogen (secondary N) is 1. The number of nitrogens with zero attached hydrogens (tertiary/aromatic N) is 1. The zero-order chi connectivity index (χ0) is 10.7. The lowest BCUT2D eigenvalue weighted by Crippen LogP contribution is -2.25. The highest BCUT2D eigenvalue weighted by Crippen LogP contribution is 2.16. The minimum absolute atomic E-state index is 0.505. The molecule has 2 rings (SSSR count). The molecule has 15 heavy (non-hydrogen) atoms. The zero-order valence-corrected chi connectivity index (χ0v) is 9.97. The smallest absolute Gasteiger partial charge is 0.157 e. The Hall–Kier alpha value is -0.960. The predicted octanol–water partition coefficient (Wildman–Crippen LogP) is 2.58. The van der Waals surface area contributed by atoms with Gasteiger partial charge in [0.2, 0.25) is 0 Å². The summed E-state index contributed by atoms with van der Waals surface area (Å²) in [6.45, 7) is 5.18. The van der Waals surface area contributed by atoms with Gasteiger partial charge in [0.15, 0.2) is 5.17 Å². The van der Waals surface area contributed by atoms with Gasteiger partial charge in [-0.2, -0.15) is 0 Å². The van der Waals surface area contributed by atoms with Gasteiger partial charge in [-0.3, -0.25) is 4.99 Å². The Balaban J connectivity index is 1.86. The van der Waals surface area contributed by atoms with Gasteiger partial charge in [0.25, 0.3) is 0 Å². The molecular formula is C12H16N2S. The molecule has 1 aromatic rings. The summed E-state index contributed by atoms with van der Waals surface area (Å²) in [5.41, 5.74) is 2.67. The summed E-state index contributed by atoms with van der Waals surface area (Å²) in [5, 5.41) is 4.43. The van der Waals surface area contributed by atoms with Crippen LogP contribution in [0, 0.1) is 6.92 Å². The Morgan fingerprint density at radius 2 is 2.13 bits per heavy atom. The minimum atomic E-state index is 0.505. The summed E-state index contributed by atoms with van der Waals surface area (Å²) in [5.74, 6) is 0.999. The molecule has 1 aromatic carbocycles. The minimum Gasteiger partial charge on any atom is -0.361 e. The topological polar surface area (TPSA) is 24.4 Å². The SMILES string of the molecule is Cc1ccc(CSC2=NCC(C)N2)cc1. The zero-order valence-electron chi connectivity index (χ0n) is 9.16. The number of aryl methyl sites for hydroxylation is 1. The second kappa shape index (κ2) is 4.71. The lowest BCUT2D eigenvalue weighted by Gasteiger charge is -2.05. The molecule has 1 heterocycles. The van der Waals surface area contributed by atoms with Crippen LogP contribution in [-0.4, -0.2) is 17.8 Å². The van der Waals surface area contributed by atoms with Crippen molar-refractivity contribution in [2.75, 3.05) is 6.54 Å². The molecule has 1 atom stereocenters. The molecule has 0 radical (unpaired) electrons. The van der Waals surface area contributed by atoms with Crippen molar-refractivity contribution >= 4 is 16.9 Å². The van der Waals surface area contributed by atoms with Crippen LogP contribution in [0.5, 0.6) is 0 Å². The third-order valence-corrected chi connectivity index (χ3v) is 3.37. The van der Waals surface area contributed by atoms with Gasteiger partial charge >= 0.3 is 0 Å². The van der Waals surface area contributed by atoms with Crippen LogP contribution in [-0.2, 0) is 5.75 Å². The Labute approximate surface area is 95.2 Å². The molecule has 1 aliphatic rings. The first-order chi connectivity index (χ1) is 7.24. The maximum absolute atomic E-state index is 4.42. The van der Waals surface area contributed by atoms with Crippen LogP contribution in [0.3, 0.4) is 0 Å².